The van der Waals surface area contributed by atoms with Gasteiger partial charge in [-0.15, -0.1) is 0 Å². The van der Waals surface area contributed by atoms with Crippen molar-refractivity contribution in [2.75, 3.05) is 6.54 Å². The van der Waals surface area contributed by atoms with Crippen LogP contribution in [0.3, 0.4) is 0 Å². The standard InChI is InChI=1S/C21H28N2O2/c1-3-19(24)23-15-9-12-18(23)20(25)22-21(13-7-4-8-14-21)17-11-6-5-10-16(17)2/h3,5-6,10-11,18H,1,4,7-9,12-15H2,2H3,(H,22,25). The zero-order valence-electron chi connectivity index (χ0n) is 15.1. The summed E-state index contributed by atoms with van der Waals surface area (Å²) >= 11 is 0. The minimum atomic E-state index is -0.367. The van der Waals surface area contributed by atoms with E-state index in [2.05, 4.69) is 31.0 Å². The van der Waals surface area contributed by atoms with Crippen LogP contribution in [0.2, 0.25) is 0 Å². The molecule has 1 N–H and O–H groups in total. The van der Waals surface area contributed by atoms with Gasteiger partial charge in [0.15, 0.2) is 0 Å². The average Bonchev–Trinajstić information content (AvgIpc) is 3.12. The fourth-order valence-electron chi connectivity index (χ4n) is 4.47. The van der Waals surface area contributed by atoms with Crippen molar-refractivity contribution in [3.63, 3.8) is 0 Å². The number of rotatable bonds is 4. The van der Waals surface area contributed by atoms with Crippen LogP contribution in [-0.4, -0.2) is 29.3 Å². The highest BCUT2D eigenvalue weighted by molar-refractivity contribution is 5.93. The largest absolute Gasteiger partial charge is 0.345 e. The minimum Gasteiger partial charge on any atom is -0.345 e. The molecule has 1 saturated heterocycles. The summed E-state index contributed by atoms with van der Waals surface area (Å²) in [5, 5.41) is 3.37. The molecule has 3 rings (SSSR count). The monoisotopic (exact) mass is 340 g/mol. The number of likely N-dealkylation sites (tertiary alicyclic amines) is 1. The van der Waals surface area contributed by atoms with Crippen LogP contribution < -0.4 is 5.32 Å². The lowest BCUT2D eigenvalue weighted by Gasteiger charge is -2.41. The second kappa shape index (κ2) is 7.42. The molecular weight excluding hydrogens is 312 g/mol. The summed E-state index contributed by atoms with van der Waals surface area (Å²) in [6, 6.07) is 7.98. The first-order valence-corrected chi connectivity index (χ1v) is 9.38. The van der Waals surface area contributed by atoms with Gasteiger partial charge in [-0.05, 0) is 49.8 Å². The number of hydrogen-bond donors (Lipinski definition) is 1. The second-order valence-electron chi connectivity index (χ2n) is 7.34. The summed E-state index contributed by atoms with van der Waals surface area (Å²) in [6.07, 6.45) is 8.29. The Balaban J connectivity index is 1.86. The summed E-state index contributed by atoms with van der Waals surface area (Å²) in [7, 11) is 0. The van der Waals surface area contributed by atoms with Gasteiger partial charge in [-0.3, -0.25) is 9.59 Å². The lowest BCUT2D eigenvalue weighted by molar-refractivity contribution is -0.136. The fraction of sp³-hybridized carbons (Fsp3) is 0.524. The predicted octanol–water partition coefficient (Wildman–Crippen LogP) is 3.45. The molecule has 1 heterocycles. The minimum absolute atomic E-state index is 0.0159. The van der Waals surface area contributed by atoms with E-state index in [0.717, 1.165) is 38.5 Å². The Bertz CT molecular complexity index is 662. The van der Waals surface area contributed by atoms with Crippen molar-refractivity contribution in [3.05, 3.63) is 48.0 Å². The zero-order valence-corrected chi connectivity index (χ0v) is 15.1. The van der Waals surface area contributed by atoms with E-state index in [-0.39, 0.29) is 23.4 Å². The lowest BCUT2D eigenvalue weighted by atomic mass is 9.75. The molecule has 4 heteroatoms. The van der Waals surface area contributed by atoms with Gasteiger partial charge in [0.25, 0.3) is 0 Å². The maximum Gasteiger partial charge on any atom is 0.246 e. The van der Waals surface area contributed by atoms with Gasteiger partial charge in [-0.25, -0.2) is 0 Å². The number of amides is 2. The molecule has 1 unspecified atom stereocenters. The van der Waals surface area contributed by atoms with E-state index < -0.39 is 0 Å². The number of hydrogen-bond acceptors (Lipinski definition) is 2. The molecule has 25 heavy (non-hydrogen) atoms. The summed E-state index contributed by atoms with van der Waals surface area (Å²) in [5.74, 6) is -0.163. The molecule has 4 nitrogen and oxygen atoms in total. The highest BCUT2D eigenvalue weighted by atomic mass is 16.2. The van der Waals surface area contributed by atoms with Gasteiger partial charge in [0, 0.05) is 6.54 Å². The Kier molecular flexibility index (Phi) is 5.26. The molecular formula is C21H28N2O2. The van der Waals surface area contributed by atoms with E-state index in [1.807, 2.05) is 12.1 Å². The number of carbonyl (C=O) groups is 2. The van der Waals surface area contributed by atoms with Gasteiger partial charge >= 0.3 is 0 Å². The van der Waals surface area contributed by atoms with Crippen molar-refractivity contribution in [2.24, 2.45) is 0 Å². The topological polar surface area (TPSA) is 49.4 Å². The van der Waals surface area contributed by atoms with E-state index in [4.69, 9.17) is 0 Å². The molecule has 0 radical (unpaired) electrons. The van der Waals surface area contributed by atoms with Crippen LogP contribution in [0, 0.1) is 6.92 Å². The summed E-state index contributed by atoms with van der Waals surface area (Å²) in [5.41, 5.74) is 2.14. The fourth-order valence-corrected chi connectivity index (χ4v) is 4.47. The number of nitrogens with zero attached hydrogens (tertiary/aromatic N) is 1. The van der Waals surface area contributed by atoms with Crippen LogP contribution in [-0.2, 0) is 15.1 Å². The molecule has 0 aromatic heterocycles. The second-order valence-corrected chi connectivity index (χ2v) is 7.34. The Morgan fingerprint density at radius 3 is 2.60 bits per heavy atom. The molecule has 0 spiro atoms. The van der Waals surface area contributed by atoms with Crippen LogP contribution in [0.15, 0.2) is 36.9 Å². The van der Waals surface area contributed by atoms with Crippen LogP contribution in [0.4, 0.5) is 0 Å². The Morgan fingerprint density at radius 2 is 1.92 bits per heavy atom. The number of carbonyl (C=O) groups excluding carboxylic acids is 2. The molecule has 2 fully saturated rings. The van der Waals surface area contributed by atoms with Crippen LogP contribution >= 0.6 is 0 Å². The van der Waals surface area contributed by atoms with E-state index >= 15 is 0 Å². The maximum absolute atomic E-state index is 13.1. The Hall–Kier alpha value is -2.10. The molecule has 1 aliphatic carbocycles. The third kappa shape index (κ3) is 3.48. The SMILES string of the molecule is C=CC(=O)N1CCCC1C(=O)NC1(c2ccccc2C)CCCCC1. The molecule has 1 atom stereocenters. The van der Waals surface area contributed by atoms with Gasteiger partial charge in [0.05, 0.1) is 5.54 Å². The smallest absolute Gasteiger partial charge is 0.246 e. The van der Waals surface area contributed by atoms with Gasteiger partial charge in [0.1, 0.15) is 6.04 Å². The molecule has 1 aliphatic heterocycles. The summed E-state index contributed by atoms with van der Waals surface area (Å²) in [4.78, 5) is 26.8. The highest BCUT2D eigenvalue weighted by Gasteiger charge is 2.40. The zero-order chi connectivity index (χ0) is 17.9. The third-order valence-electron chi connectivity index (χ3n) is 5.74. The molecule has 1 aromatic carbocycles. The van der Waals surface area contributed by atoms with Crippen LogP contribution in [0.1, 0.15) is 56.1 Å². The molecule has 1 aromatic rings. The van der Waals surface area contributed by atoms with Gasteiger partial charge in [-0.1, -0.05) is 50.1 Å². The van der Waals surface area contributed by atoms with E-state index in [9.17, 15) is 9.59 Å². The molecule has 134 valence electrons. The summed E-state index contributed by atoms with van der Waals surface area (Å²) < 4.78 is 0. The predicted molar refractivity (Wildman–Crippen MR) is 99.0 cm³/mol. The van der Waals surface area contributed by atoms with E-state index in [1.165, 1.54) is 23.6 Å². The lowest BCUT2D eigenvalue weighted by Crippen LogP contribution is -2.54. The van der Waals surface area contributed by atoms with Crippen molar-refractivity contribution in [2.45, 2.75) is 63.5 Å². The molecule has 0 bridgehead atoms. The quantitative estimate of drug-likeness (QED) is 0.854. The van der Waals surface area contributed by atoms with Crippen molar-refractivity contribution >= 4 is 11.8 Å². The van der Waals surface area contributed by atoms with Crippen molar-refractivity contribution < 1.29 is 9.59 Å². The van der Waals surface area contributed by atoms with Crippen molar-refractivity contribution in [1.82, 2.24) is 10.2 Å². The van der Waals surface area contributed by atoms with Crippen LogP contribution in [0.5, 0.6) is 0 Å². The molecule has 1 saturated carbocycles. The maximum atomic E-state index is 13.1. The Labute approximate surface area is 150 Å². The average molecular weight is 340 g/mol. The van der Waals surface area contributed by atoms with Gasteiger partial charge in [-0.2, -0.15) is 0 Å². The number of aryl methyl sites for hydroxylation is 1. The van der Waals surface area contributed by atoms with Gasteiger partial charge < -0.3 is 10.2 Å². The molecule has 2 amide bonds. The van der Waals surface area contributed by atoms with E-state index in [1.54, 1.807) is 4.90 Å². The summed E-state index contributed by atoms with van der Waals surface area (Å²) in [6.45, 7) is 6.32. The normalized spacial score (nSPS) is 22.4. The van der Waals surface area contributed by atoms with E-state index in [0.29, 0.717) is 6.54 Å². The number of nitrogens with one attached hydrogen (secondary N) is 1. The third-order valence-corrected chi connectivity index (χ3v) is 5.74. The van der Waals surface area contributed by atoms with Gasteiger partial charge in [0.2, 0.25) is 11.8 Å². The Morgan fingerprint density at radius 1 is 1.20 bits per heavy atom. The first-order chi connectivity index (χ1) is 12.1. The van der Waals surface area contributed by atoms with Crippen molar-refractivity contribution in [3.8, 4) is 0 Å². The first-order valence-electron chi connectivity index (χ1n) is 9.38. The van der Waals surface area contributed by atoms with Crippen molar-refractivity contribution in [1.29, 1.82) is 0 Å². The highest BCUT2D eigenvalue weighted by Crippen LogP contribution is 2.39. The van der Waals surface area contributed by atoms with Crippen LogP contribution in [0.25, 0.3) is 0 Å². The first kappa shape index (κ1) is 17.7. The molecule has 2 aliphatic rings. The number of benzene rings is 1.